The Balaban J connectivity index is 3.08. The number of hydrogen-bond donors (Lipinski definition) is 2. The molecule has 60 valence electrons. The van der Waals surface area contributed by atoms with E-state index in [1.807, 2.05) is 0 Å². The van der Waals surface area contributed by atoms with Crippen LogP contribution in [0.4, 0.5) is 0 Å². The van der Waals surface area contributed by atoms with Crippen LogP contribution >= 0.6 is 0 Å². The Morgan fingerprint density at radius 1 is 1.17 bits per heavy atom. The fraction of sp³-hybridized carbons (Fsp3) is 0. The first-order valence-electron chi connectivity index (χ1n) is 3.47. The Labute approximate surface area is 66.9 Å². The number of aromatic amines is 2. The van der Waals surface area contributed by atoms with Crippen LogP contribution in [0.2, 0.25) is 0 Å². The van der Waals surface area contributed by atoms with Crippen LogP contribution in [-0.2, 0) is 0 Å². The molecule has 0 aromatic carbocycles. The maximum atomic E-state index is 11.2. The first-order valence-corrected chi connectivity index (χ1v) is 3.47. The van der Waals surface area contributed by atoms with Gasteiger partial charge in [-0.1, -0.05) is 0 Å². The van der Waals surface area contributed by atoms with Gasteiger partial charge in [-0.2, -0.15) is 0 Å². The third kappa shape index (κ3) is 0.934. The molecule has 0 unspecified atom stereocenters. The molecule has 0 atom stereocenters. The van der Waals surface area contributed by atoms with Crippen molar-refractivity contribution in [2.24, 2.45) is 0 Å². The molecule has 2 rings (SSSR count). The summed E-state index contributed by atoms with van der Waals surface area (Å²) >= 11 is 0. The molecule has 2 aromatic rings. The van der Waals surface area contributed by atoms with E-state index in [2.05, 4.69) is 9.97 Å². The van der Waals surface area contributed by atoms with E-state index in [1.165, 1.54) is 18.3 Å². The van der Waals surface area contributed by atoms with Gasteiger partial charge in [-0.15, -0.1) is 0 Å². The highest BCUT2D eigenvalue weighted by atomic mass is 16.1. The zero-order valence-corrected chi connectivity index (χ0v) is 6.13. The lowest BCUT2D eigenvalue weighted by Gasteiger charge is -1.92. The van der Waals surface area contributed by atoms with Gasteiger partial charge in [-0.05, 0) is 0 Å². The third-order valence-corrected chi connectivity index (χ3v) is 1.66. The summed E-state index contributed by atoms with van der Waals surface area (Å²) in [4.78, 5) is 27.3. The topological polar surface area (TPSA) is 65.7 Å². The number of aromatic nitrogens is 2. The van der Waals surface area contributed by atoms with E-state index in [9.17, 15) is 9.59 Å². The Bertz CT molecular complexity index is 524. The second kappa shape index (κ2) is 2.34. The van der Waals surface area contributed by atoms with Crippen molar-refractivity contribution in [2.45, 2.75) is 0 Å². The van der Waals surface area contributed by atoms with Crippen LogP contribution in [0, 0.1) is 0 Å². The maximum Gasteiger partial charge on any atom is 0.248 e. The summed E-state index contributed by atoms with van der Waals surface area (Å²) in [5.74, 6) is 0. The van der Waals surface area contributed by atoms with Gasteiger partial charge in [0.25, 0.3) is 0 Å². The summed E-state index contributed by atoms with van der Waals surface area (Å²) < 4.78 is 0. The molecule has 0 saturated heterocycles. The standard InChI is InChI=1S/C8H6N2O2/c11-7-1-2-9-6-4-10-8(12)3-5(6)7/h1-4H,(H,9,11)(H,10,12). The number of fused-ring (bicyclic) bond motifs is 1. The molecule has 2 N–H and O–H groups in total. The van der Waals surface area contributed by atoms with Crippen LogP contribution in [0.15, 0.2) is 34.1 Å². The van der Waals surface area contributed by atoms with Crippen molar-refractivity contribution in [3.05, 3.63) is 45.1 Å². The highest BCUT2D eigenvalue weighted by Gasteiger charge is 1.96. The van der Waals surface area contributed by atoms with Gasteiger partial charge in [-0.3, -0.25) is 9.59 Å². The lowest BCUT2D eigenvalue weighted by Crippen LogP contribution is -2.08. The minimum atomic E-state index is -0.265. The molecule has 12 heavy (non-hydrogen) atoms. The summed E-state index contributed by atoms with van der Waals surface area (Å²) in [5.41, 5.74) is 0.233. The van der Waals surface area contributed by atoms with Crippen molar-refractivity contribution < 1.29 is 0 Å². The Kier molecular flexibility index (Phi) is 1.33. The highest BCUT2D eigenvalue weighted by molar-refractivity contribution is 5.76. The summed E-state index contributed by atoms with van der Waals surface area (Å²) in [6.07, 6.45) is 3.03. The van der Waals surface area contributed by atoms with Crippen molar-refractivity contribution >= 4 is 10.9 Å². The normalized spacial score (nSPS) is 10.3. The lowest BCUT2D eigenvalue weighted by molar-refractivity contribution is 1.24. The second-order valence-corrected chi connectivity index (χ2v) is 2.47. The molecule has 0 aliphatic carbocycles. The summed E-state index contributed by atoms with van der Waals surface area (Å²) in [6, 6.07) is 2.68. The fourth-order valence-corrected chi connectivity index (χ4v) is 1.09. The summed E-state index contributed by atoms with van der Waals surface area (Å²) in [6.45, 7) is 0. The lowest BCUT2D eigenvalue weighted by atomic mass is 10.2. The van der Waals surface area contributed by atoms with Crippen molar-refractivity contribution in [3.63, 3.8) is 0 Å². The average molecular weight is 162 g/mol. The van der Waals surface area contributed by atoms with Crippen molar-refractivity contribution in [1.82, 2.24) is 9.97 Å². The number of H-pyrrole nitrogens is 2. The van der Waals surface area contributed by atoms with E-state index in [4.69, 9.17) is 0 Å². The van der Waals surface area contributed by atoms with E-state index in [1.54, 1.807) is 6.20 Å². The van der Waals surface area contributed by atoms with Crippen LogP contribution < -0.4 is 11.0 Å². The first kappa shape index (κ1) is 6.84. The number of nitrogens with one attached hydrogen (secondary N) is 2. The molecule has 2 aromatic heterocycles. The molecular formula is C8H6N2O2. The number of pyridine rings is 2. The van der Waals surface area contributed by atoms with Crippen LogP contribution in [0.25, 0.3) is 10.9 Å². The predicted octanol–water partition coefficient (Wildman–Crippen LogP) is 0.216. The third-order valence-electron chi connectivity index (χ3n) is 1.66. The van der Waals surface area contributed by atoms with Gasteiger partial charge in [0, 0.05) is 24.5 Å². The van der Waals surface area contributed by atoms with Gasteiger partial charge in [0.2, 0.25) is 5.56 Å². The van der Waals surface area contributed by atoms with E-state index in [0.29, 0.717) is 10.9 Å². The quantitative estimate of drug-likeness (QED) is 0.581. The molecule has 2 heterocycles. The molecule has 0 amide bonds. The summed E-state index contributed by atoms with van der Waals surface area (Å²) in [5, 5.41) is 0.418. The predicted molar refractivity (Wildman–Crippen MR) is 45.2 cm³/mol. The van der Waals surface area contributed by atoms with Crippen molar-refractivity contribution in [2.75, 3.05) is 0 Å². The van der Waals surface area contributed by atoms with Gasteiger partial charge in [-0.25, -0.2) is 0 Å². The van der Waals surface area contributed by atoms with Gasteiger partial charge in [0.1, 0.15) is 0 Å². The van der Waals surface area contributed by atoms with E-state index >= 15 is 0 Å². The van der Waals surface area contributed by atoms with Crippen LogP contribution in [0.1, 0.15) is 0 Å². The molecule has 0 fully saturated rings. The van der Waals surface area contributed by atoms with Crippen LogP contribution in [0.5, 0.6) is 0 Å². The van der Waals surface area contributed by atoms with Crippen molar-refractivity contribution in [3.8, 4) is 0 Å². The Morgan fingerprint density at radius 2 is 2.00 bits per heavy atom. The molecule has 4 heteroatoms. The second-order valence-electron chi connectivity index (χ2n) is 2.47. The van der Waals surface area contributed by atoms with Crippen LogP contribution in [0.3, 0.4) is 0 Å². The SMILES string of the molecule is O=c1cc2c(=O)cc[nH]c2c[nH]1. The average Bonchev–Trinajstić information content (AvgIpc) is 2.07. The van der Waals surface area contributed by atoms with Gasteiger partial charge in [0.05, 0.1) is 10.9 Å². The number of rotatable bonds is 0. The smallest absolute Gasteiger partial charge is 0.248 e. The first-order chi connectivity index (χ1) is 5.77. The maximum absolute atomic E-state index is 11.2. The van der Waals surface area contributed by atoms with E-state index in [-0.39, 0.29) is 11.0 Å². The molecule has 0 spiro atoms. The molecule has 0 aliphatic rings. The Morgan fingerprint density at radius 3 is 2.83 bits per heavy atom. The van der Waals surface area contributed by atoms with Gasteiger partial charge >= 0.3 is 0 Å². The fourth-order valence-electron chi connectivity index (χ4n) is 1.09. The monoisotopic (exact) mass is 162 g/mol. The molecule has 4 nitrogen and oxygen atoms in total. The van der Waals surface area contributed by atoms with E-state index < -0.39 is 0 Å². The van der Waals surface area contributed by atoms with Gasteiger partial charge < -0.3 is 9.97 Å². The Hall–Kier alpha value is -1.84. The highest BCUT2D eigenvalue weighted by Crippen LogP contribution is 1.98. The minimum Gasteiger partial charge on any atom is -0.360 e. The zero-order chi connectivity index (χ0) is 8.55. The largest absolute Gasteiger partial charge is 0.360 e. The molecule has 0 radical (unpaired) electrons. The number of hydrogen-bond acceptors (Lipinski definition) is 2. The van der Waals surface area contributed by atoms with Gasteiger partial charge in [0.15, 0.2) is 5.43 Å². The molecular weight excluding hydrogens is 156 g/mol. The molecule has 0 aliphatic heterocycles. The van der Waals surface area contributed by atoms with E-state index in [0.717, 1.165) is 0 Å². The zero-order valence-electron chi connectivity index (χ0n) is 6.13. The van der Waals surface area contributed by atoms with Crippen molar-refractivity contribution in [1.29, 1.82) is 0 Å². The summed E-state index contributed by atoms with van der Waals surface area (Å²) in [7, 11) is 0. The molecule has 0 saturated carbocycles. The van der Waals surface area contributed by atoms with Crippen LogP contribution in [-0.4, -0.2) is 9.97 Å². The minimum absolute atomic E-state index is 0.144. The molecule has 0 bridgehead atoms.